The molecule has 1 aromatic heterocycles. The fraction of sp³-hybridized carbons (Fsp3) is 0.375. The van der Waals surface area contributed by atoms with Gasteiger partial charge in [-0.3, -0.25) is 9.78 Å². The minimum atomic E-state index is -0.213. The Morgan fingerprint density at radius 1 is 1.20 bits per heavy atom. The lowest BCUT2D eigenvalue weighted by atomic mass is 10.2. The molecule has 0 radical (unpaired) electrons. The number of nitrogens with two attached hydrogens (primary N) is 1. The molecule has 0 fully saturated rings. The van der Waals surface area contributed by atoms with Gasteiger partial charge in [-0.2, -0.15) is 0 Å². The first-order valence-electron chi connectivity index (χ1n) is 6.93. The van der Waals surface area contributed by atoms with Crippen LogP contribution in [0.1, 0.15) is 27.2 Å². The van der Waals surface area contributed by atoms with Gasteiger partial charge in [-0.05, 0) is 19.1 Å². The van der Waals surface area contributed by atoms with Gasteiger partial charge in [-0.15, -0.1) is 0 Å². The number of benzene rings is 1. The maximum atomic E-state index is 10.3. The summed E-state index contributed by atoms with van der Waals surface area (Å²) in [4.78, 5) is 14.5. The summed E-state index contributed by atoms with van der Waals surface area (Å²) in [7, 11) is 0. The molecule has 0 saturated heterocycles. The molecule has 0 aliphatic heterocycles. The van der Waals surface area contributed by atoms with Gasteiger partial charge in [0.05, 0.1) is 18.5 Å². The van der Waals surface area contributed by atoms with Crippen molar-refractivity contribution in [3.63, 3.8) is 0 Å². The highest BCUT2D eigenvalue weighted by Crippen LogP contribution is 2.07. The molecule has 2 aromatic rings. The zero-order valence-electron chi connectivity index (χ0n) is 12.5. The highest BCUT2D eigenvalue weighted by molar-refractivity contribution is 5.77. The van der Waals surface area contributed by atoms with Crippen LogP contribution in [0, 0.1) is 0 Å². The molecule has 1 aromatic carbocycles. The monoisotopic (exact) mass is 276 g/mol. The fourth-order valence-corrected chi connectivity index (χ4v) is 1.37. The molecule has 0 bridgehead atoms. The largest absolute Gasteiger partial charge is 0.466 e. The summed E-state index contributed by atoms with van der Waals surface area (Å²) in [6.45, 7) is 6.59. The van der Waals surface area contributed by atoms with E-state index in [9.17, 15) is 4.79 Å². The summed E-state index contributed by atoms with van der Waals surface area (Å²) in [6, 6.07) is 12.1. The molecule has 0 spiro atoms. The van der Waals surface area contributed by atoms with E-state index in [2.05, 4.69) is 21.9 Å². The van der Waals surface area contributed by atoms with Crippen molar-refractivity contribution in [3.8, 4) is 0 Å². The van der Waals surface area contributed by atoms with Crippen LogP contribution in [0.25, 0.3) is 10.9 Å². The second-order valence-electron chi connectivity index (χ2n) is 3.54. The molecule has 1 heterocycles. The number of aromatic nitrogens is 1. The number of carbonyl (C=O) groups excluding carboxylic acids is 1. The quantitative estimate of drug-likeness (QED) is 0.874. The van der Waals surface area contributed by atoms with E-state index in [1.807, 2.05) is 44.3 Å². The Labute approximate surface area is 121 Å². The van der Waals surface area contributed by atoms with Crippen molar-refractivity contribution < 1.29 is 9.53 Å². The van der Waals surface area contributed by atoms with Gasteiger partial charge in [0.2, 0.25) is 0 Å². The second-order valence-corrected chi connectivity index (χ2v) is 3.54. The number of pyridine rings is 1. The van der Waals surface area contributed by atoms with E-state index >= 15 is 0 Å². The molecule has 4 nitrogen and oxygen atoms in total. The number of nitrogens with zero attached hydrogens (tertiary/aromatic N) is 1. The van der Waals surface area contributed by atoms with Gasteiger partial charge in [0.25, 0.3) is 0 Å². The van der Waals surface area contributed by atoms with Gasteiger partial charge in [0.1, 0.15) is 0 Å². The van der Waals surface area contributed by atoms with E-state index in [4.69, 9.17) is 5.73 Å². The Morgan fingerprint density at radius 2 is 1.85 bits per heavy atom. The van der Waals surface area contributed by atoms with Crippen LogP contribution in [0.3, 0.4) is 0 Å². The topological polar surface area (TPSA) is 65.2 Å². The molecule has 0 aliphatic carbocycles. The average Bonchev–Trinajstić information content (AvgIpc) is 2.51. The highest BCUT2D eigenvalue weighted by atomic mass is 16.5. The molecule has 0 atom stereocenters. The number of fused-ring (bicyclic) bond motifs is 1. The van der Waals surface area contributed by atoms with Crippen molar-refractivity contribution in [1.29, 1.82) is 0 Å². The summed E-state index contributed by atoms with van der Waals surface area (Å²) in [5.41, 5.74) is 6.12. The van der Waals surface area contributed by atoms with Crippen molar-refractivity contribution in [2.24, 2.45) is 5.73 Å². The summed E-state index contributed by atoms with van der Waals surface area (Å²) in [6.07, 6.45) is 2.14. The van der Waals surface area contributed by atoms with Gasteiger partial charge in [-0.1, -0.05) is 38.1 Å². The molecular formula is C16H24N2O2. The standard InChI is InChI=1S/C9H7N.C5H11NO2.C2H6/c1-2-6-9-8(4-1)5-3-7-10-9;1-2-8-5(7)3-4-6;1-2/h1-7H;2-4,6H2,1H3;1-2H3. The van der Waals surface area contributed by atoms with Gasteiger partial charge in [-0.25, -0.2) is 0 Å². The Hall–Kier alpha value is -1.94. The van der Waals surface area contributed by atoms with E-state index in [-0.39, 0.29) is 5.97 Å². The summed E-state index contributed by atoms with van der Waals surface area (Å²) in [5.74, 6) is -0.213. The molecule has 4 heteroatoms. The van der Waals surface area contributed by atoms with Crippen LogP contribution in [-0.2, 0) is 9.53 Å². The zero-order chi connectivity index (χ0) is 15.2. The van der Waals surface area contributed by atoms with Crippen molar-refractivity contribution in [2.45, 2.75) is 27.2 Å². The zero-order valence-corrected chi connectivity index (χ0v) is 12.5. The van der Waals surface area contributed by atoms with Gasteiger partial charge >= 0.3 is 5.97 Å². The number of esters is 1. The summed E-state index contributed by atoms with van der Waals surface area (Å²) >= 11 is 0. The molecule has 0 unspecified atom stereocenters. The smallest absolute Gasteiger partial charge is 0.307 e. The van der Waals surface area contributed by atoms with E-state index in [0.29, 0.717) is 19.6 Å². The van der Waals surface area contributed by atoms with Crippen LogP contribution < -0.4 is 5.73 Å². The van der Waals surface area contributed by atoms with Crippen LogP contribution in [0.4, 0.5) is 0 Å². The second kappa shape index (κ2) is 12.1. The predicted octanol–water partition coefficient (Wildman–Crippen LogP) is 3.16. The normalized spacial score (nSPS) is 8.80. The Morgan fingerprint density at radius 3 is 2.45 bits per heavy atom. The van der Waals surface area contributed by atoms with Crippen LogP contribution in [0.2, 0.25) is 0 Å². The number of hydrogen-bond donors (Lipinski definition) is 1. The maximum Gasteiger partial charge on any atom is 0.307 e. The Balaban J connectivity index is 0.000000330. The summed E-state index contributed by atoms with van der Waals surface area (Å²) < 4.78 is 4.56. The van der Waals surface area contributed by atoms with Gasteiger partial charge in [0.15, 0.2) is 0 Å². The molecule has 0 aliphatic rings. The third-order valence-corrected chi connectivity index (χ3v) is 2.17. The van der Waals surface area contributed by atoms with Crippen LogP contribution in [0.15, 0.2) is 42.6 Å². The fourth-order valence-electron chi connectivity index (χ4n) is 1.37. The van der Waals surface area contributed by atoms with Gasteiger partial charge in [0, 0.05) is 18.1 Å². The maximum absolute atomic E-state index is 10.3. The Bertz CT molecular complexity index is 413. The first kappa shape index (κ1) is 18.1. The average molecular weight is 276 g/mol. The number of rotatable bonds is 3. The van der Waals surface area contributed by atoms with E-state index in [1.165, 1.54) is 5.39 Å². The number of ether oxygens (including phenoxy) is 1. The highest BCUT2D eigenvalue weighted by Gasteiger charge is 1.95. The van der Waals surface area contributed by atoms with Crippen molar-refractivity contribution in [2.75, 3.05) is 13.2 Å². The minimum absolute atomic E-state index is 0.213. The predicted molar refractivity (Wildman–Crippen MR) is 83.4 cm³/mol. The first-order chi connectivity index (χ1) is 9.77. The number of hydrogen-bond acceptors (Lipinski definition) is 4. The van der Waals surface area contributed by atoms with Crippen molar-refractivity contribution in [1.82, 2.24) is 4.98 Å². The number of para-hydroxylation sites is 1. The Kier molecular flexibility index (Phi) is 10.9. The van der Waals surface area contributed by atoms with Crippen molar-refractivity contribution >= 4 is 16.9 Å². The van der Waals surface area contributed by atoms with E-state index < -0.39 is 0 Å². The van der Waals surface area contributed by atoms with E-state index in [1.54, 1.807) is 6.92 Å². The number of carbonyl (C=O) groups is 1. The van der Waals surface area contributed by atoms with Crippen LogP contribution in [-0.4, -0.2) is 24.1 Å². The first-order valence-corrected chi connectivity index (χ1v) is 6.93. The SMILES string of the molecule is CC.CCOC(=O)CCN.c1ccc2ncccc2c1. The molecule has 20 heavy (non-hydrogen) atoms. The van der Waals surface area contributed by atoms with Crippen LogP contribution in [0.5, 0.6) is 0 Å². The molecule has 2 N–H and O–H groups in total. The van der Waals surface area contributed by atoms with Crippen molar-refractivity contribution in [3.05, 3.63) is 42.6 Å². The lowest BCUT2D eigenvalue weighted by Gasteiger charge is -1.96. The van der Waals surface area contributed by atoms with E-state index in [0.717, 1.165) is 5.52 Å². The van der Waals surface area contributed by atoms with Gasteiger partial charge < -0.3 is 10.5 Å². The van der Waals surface area contributed by atoms with Crippen LogP contribution >= 0.6 is 0 Å². The lowest BCUT2D eigenvalue weighted by Crippen LogP contribution is -2.10. The molecule has 2 rings (SSSR count). The third kappa shape index (κ3) is 7.48. The lowest BCUT2D eigenvalue weighted by molar-refractivity contribution is -0.142. The minimum Gasteiger partial charge on any atom is -0.466 e. The molecule has 110 valence electrons. The molecular weight excluding hydrogens is 252 g/mol. The molecule has 0 amide bonds. The summed E-state index contributed by atoms with van der Waals surface area (Å²) in [5, 5.41) is 1.20. The third-order valence-electron chi connectivity index (χ3n) is 2.17. The molecule has 0 saturated carbocycles.